The summed E-state index contributed by atoms with van der Waals surface area (Å²) in [6.45, 7) is 0.574. The summed E-state index contributed by atoms with van der Waals surface area (Å²) in [6.07, 6.45) is 5.27. The van der Waals surface area contributed by atoms with Crippen molar-refractivity contribution >= 4 is 33.3 Å². The van der Waals surface area contributed by atoms with Crippen LogP contribution >= 0.6 is 28.1 Å². The monoisotopic (exact) mass is 508 g/mol. The van der Waals surface area contributed by atoms with Crippen molar-refractivity contribution in [3.8, 4) is 11.3 Å². The van der Waals surface area contributed by atoms with E-state index in [0.29, 0.717) is 33.2 Å². The van der Waals surface area contributed by atoms with Gasteiger partial charge in [0.2, 0.25) is 0 Å². The molecule has 1 aliphatic rings. The molecule has 0 bridgehead atoms. The number of hydrogen-bond acceptors (Lipinski definition) is 4. The van der Waals surface area contributed by atoms with Gasteiger partial charge in [-0.25, -0.2) is 4.39 Å². The maximum Gasteiger partial charge on any atom is 0.170 e. The number of rotatable bonds is 5. The Balaban J connectivity index is 1.55. The molecule has 0 amide bonds. The van der Waals surface area contributed by atoms with Gasteiger partial charge in [-0.2, -0.15) is 0 Å². The molecule has 0 saturated carbocycles. The van der Waals surface area contributed by atoms with Gasteiger partial charge in [-0.3, -0.25) is 9.97 Å². The minimum absolute atomic E-state index is 0.209. The highest BCUT2D eigenvalue weighted by Crippen LogP contribution is 2.41. The largest absolute Gasteiger partial charge is 0.459 e. The van der Waals surface area contributed by atoms with E-state index in [4.69, 9.17) is 16.6 Å². The molecule has 5 rings (SSSR count). The first kappa shape index (κ1) is 20.8. The average molecular weight is 509 g/mol. The second kappa shape index (κ2) is 8.80. The molecule has 1 saturated heterocycles. The van der Waals surface area contributed by atoms with E-state index in [1.54, 1.807) is 36.8 Å². The van der Waals surface area contributed by atoms with Crippen molar-refractivity contribution < 1.29 is 8.81 Å². The van der Waals surface area contributed by atoms with E-state index >= 15 is 0 Å². The van der Waals surface area contributed by atoms with Crippen LogP contribution in [0.4, 0.5) is 4.39 Å². The molecular formula is C24H18BrFN4OS. The van der Waals surface area contributed by atoms with Gasteiger partial charge in [0.25, 0.3) is 0 Å². The average Bonchev–Trinajstić information content (AvgIpc) is 3.40. The fraction of sp³-hybridized carbons (Fsp3) is 0.125. The summed E-state index contributed by atoms with van der Waals surface area (Å²) < 4.78 is 21.4. The van der Waals surface area contributed by atoms with Gasteiger partial charge in [0, 0.05) is 29.6 Å². The third-order valence-electron chi connectivity index (χ3n) is 5.41. The number of halogens is 2. The number of nitrogens with one attached hydrogen (secondary N) is 1. The molecule has 4 aromatic rings. The van der Waals surface area contributed by atoms with Crippen molar-refractivity contribution in [2.24, 2.45) is 0 Å². The van der Waals surface area contributed by atoms with E-state index in [2.05, 4.69) is 36.1 Å². The molecule has 160 valence electrons. The maximum atomic E-state index is 14.5. The van der Waals surface area contributed by atoms with E-state index in [9.17, 15) is 4.39 Å². The molecule has 0 spiro atoms. The van der Waals surface area contributed by atoms with Gasteiger partial charge in [0.15, 0.2) is 5.11 Å². The van der Waals surface area contributed by atoms with E-state index in [-0.39, 0.29) is 17.9 Å². The van der Waals surface area contributed by atoms with Gasteiger partial charge in [0.1, 0.15) is 23.4 Å². The maximum absolute atomic E-state index is 14.5. The summed E-state index contributed by atoms with van der Waals surface area (Å²) in [5.41, 5.74) is 2.33. The first-order valence-corrected chi connectivity index (χ1v) is 11.2. The first-order chi connectivity index (χ1) is 15.6. The van der Waals surface area contributed by atoms with Crippen LogP contribution in [0.25, 0.3) is 11.3 Å². The molecule has 4 heterocycles. The van der Waals surface area contributed by atoms with Crippen LogP contribution in [0.2, 0.25) is 0 Å². The van der Waals surface area contributed by atoms with E-state index < -0.39 is 0 Å². The lowest BCUT2D eigenvalue weighted by atomic mass is 10.0. The predicted molar refractivity (Wildman–Crippen MR) is 127 cm³/mol. The van der Waals surface area contributed by atoms with Crippen molar-refractivity contribution in [3.63, 3.8) is 0 Å². The Morgan fingerprint density at radius 2 is 1.91 bits per heavy atom. The lowest BCUT2D eigenvalue weighted by molar-refractivity contribution is 0.269. The zero-order valence-corrected chi connectivity index (χ0v) is 19.2. The first-order valence-electron chi connectivity index (χ1n) is 10.0. The second-order valence-corrected chi connectivity index (χ2v) is 8.74. The van der Waals surface area contributed by atoms with Crippen molar-refractivity contribution in [1.82, 2.24) is 20.2 Å². The lowest BCUT2D eigenvalue weighted by Crippen LogP contribution is -2.29. The van der Waals surface area contributed by atoms with Crippen LogP contribution in [-0.4, -0.2) is 20.0 Å². The topological polar surface area (TPSA) is 54.2 Å². The van der Waals surface area contributed by atoms with Crippen LogP contribution in [0.5, 0.6) is 0 Å². The van der Waals surface area contributed by atoms with Gasteiger partial charge in [-0.05, 0) is 72.4 Å². The predicted octanol–water partition coefficient (Wildman–Crippen LogP) is 5.81. The summed E-state index contributed by atoms with van der Waals surface area (Å²) in [4.78, 5) is 10.7. The van der Waals surface area contributed by atoms with Crippen LogP contribution in [0.15, 0.2) is 88.1 Å². The molecule has 32 heavy (non-hydrogen) atoms. The standard InChI is InChI=1S/C24H18BrFN4OS/c25-16-4-5-17(18(26)13-16)20-6-7-21(31-20)23-22(19-3-1-2-10-28-19)29-24(32)30(23)14-15-8-11-27-12-9-15/h1-13,22-23H,14H2,(H,29,32). The van der Waals surface area contributed by atoms with E-state index in [1.165, 1.54) is 6.07 Å². The molecule has 1 fully saturated rings. The van der Waals surface area contributed by atoms with Crippen molar-refractivity contribution in [2.45, 2.75) is 18.6 Å². The van der Waals surface area contributed by atoms with E-state index in [0.717, 1.165) is 11.3 Å². The highest BCUT2D eigenvalue weighted by Gasteiger charge is 2.41. The smallest absolute Gasteiger partial charge is 0.170 e. The minimum Gasteiger partial charge on any atom is -0.459 e. The molecule has 0 radical (unpaired) electrons. The Hall–Kier alpha value is -3.10. The highest BCUT2D eigenvalue weighted by molar-refractivity contribution is 9.10. The van der Waals surface area contributed by atoms with Gasteiger partial charge < -0.3 is 14.6 Å². The molecule has 2 atom stereocenters. The van der Waals surface area contributed by atoms with Gasteiger partial charge in [0.05, 0.1) is 17.3 Å². The van der Waals surface area contributed by atoms with E-state index in [1.807, 2.05) is 36.4 Å². The fourth-order valence-electron chi connectivity index (χ4n) is 3.92. The highest BCUT2D eigenvalue weighted by atomic mass is 79.9. The van der Waals surface area contributed by atoms with Crippen molar-refractivity contribution in [1.29, 1.82) is 0 Å². The van der Waals surface area contributed by atoms with Crippen LogP contribution < -0.4 is 5.32 Å². The lowest BCUT2D eigenvalue weighted by Gasteiger charge is -2.26. The van der Waals surface area contributed by atoms with Gasteiger partial charge in [-0.15, -0.1) is 0 Å². The number of pyridine rings is 2. The number of nitrogens with zero attached hydrogens (tertiary/aromatic N) is 3. The number of aromatic nitrogens is 2. The number of thiocarbonyl (C=S) groups is 1. The molecule has 1 aromatic carbocycles. The van der Waals surface area contributed by atoms with Crippen LogP contribution in [-0.2, 0) is 6.54 Å². The summed E-state index contributed by atoms with van der Waals surface area (Å²) in [7, 11) is 0. The summed E-state index contributed by atoms with van der Waals surface area (Å²) >= 11 is 8.99. The van der Waals surface area contributed by atoms with Crippen molar-refractivity contribution in [2.75, 3.05) is 0 Å². The van der Waals surface area contributed by atoms with Crippen molar-refractivity contribution in [3.05, 3.63) is 107 Å². The Bertz CT molecular complexity index is 1250. The van der Waals surface area contributed by atoms with Gasteiger partial charge in [-0.1, -0.05) is 22.0 Å². The zero-order valence-electron chi connectivity index (χ0n) is 16.8. The molecule has 5 nitrogen and oxygen atoms in total. The fourth-order valence-corrected chi connectivity index (χ4v) is 4.55. The minimum atomic E-state index is -0.352. The SMILES string of the molecule is Fc1cc(Br)ccc1-c1ccc(C2C(c3ccccn3)NC(=S)N2Cc2ccncc2)o1. The third kappa shape index (κ3) is 4.03. The quantitative estimate of drug-likeness (QED) is 0.343. The second-order valence-electron chi connectivity index (χ2n) is 7.44. The summed E-state index contributed by atoms with van der Waals surface area (Å²) in [6, 6.07) is 17.8. The molecule has 8 heteroatoms. The molecule has 0 aliphatic carbocycles. The third-order valence-corrected chi connectivity index (χ3v) is 6.26. The Labute approximate surface area is 198 Å². The summed E-state index contributed by atoms with van der Waals surface area (Å²) in [5.74, 6) is 0.793. The molecule has 2 unspecified atom stereocenters. The van der Waals surface area contributed by atoms with Crippen LogP contribution in [0.1, 0.15) is 29.1 Å². The number of benzene rings is 1. The molecule has 3 aromatic heterocycles. The van der Waals surface area contributed by atoms with Crippen LogP contribution in [0.3, 0.4) is 0 Å². The zero-order chi connectivity index (χ0) is 22.1. The summed E-state index contributed by atoms with van der Waals surface area (Å²) in [5, 5.41) is 4.00. The Morgan fingerprint density at radius 1 is 1.06 bits per heavy atom. The normalized spacial score (nSPS) is 18.1. The number of hydrogen-bond donors (Lipinski definition) is 1. The molecular weight excluding hydrogens is 491 g/mol. The Kier molecular flexibility index (Phi) is 5.71. The Morgan fingerprint density at radius 3 is 2.66 bits per heavy atom. The van der Waals surface area contributed by atoms with Crippen LogP contribution in [0, 0.1) is 5.82 Å². The van der Waals surface area contributed by atoms with Gasteiger partial charge >= 0.3 is 0 Å². The number of furan rings is 1. The molecule has 1 N–H and O–H groups in total. The molecule has 1 aliphatic heterocycles.